The first-order chi connectivity index (χ1) is 8.24. The van der Waals surface area contributed by atoms with Crippen LogP contribution in [0.2, 0.25) is 0 Å². The van der Waals surface area contributed by atoms with Crippen molar-refractivity contribution in [3.63, 3.8) is 0 Å². The maximum Gasteiger partial charge on any atom is 0.338 e. The molecule has 1 N–H and O–H groups in total. The van der Waals surface area contributed by atoms with E-state index in [0.29, 0.717) is 5.56 Å². The molecule has 0 saturated heterocycles. The molecule has 0 aliphatic carbocycles. The first-order valence-corrected chi connectivity index (χ1v) is 5.00. The summed E-state index contributed by atoms with van der Waals surface area (Å²) in [6, 6.07) is 5.81. The van der Waals surface area contributed by atoms with Gasteiger partial charge in [-0.25, -0.2) is 4.79 Å². The molecule has 0 saturated carbocycles. The Kier molecular flexibility index (Phi) is 5.60. The number of carbonyl (C=O) groups is 1. The fourth-order valence-corrected chi connectivity index (χ4v) is 1.03. The smallest absolute Gasteiger partial charge is 0.338 e. The molecular formula is C12H14O5. The number of carbonyl (C=O) groups excluding carboxylic acids is 1. The average molecular weight is 238 g/mol. The fourth-order valence-electron chi connectivity index (χ4n) is 1.03. The molecular weight excluding hydrogens is 224 g/mol. The van der Waals surface area contributed by atoms with Crippen molar-refractivity contribution in [2.75, 3.05) is 20.0 Å². The van der Waals surface area contributed by atoms with E-state index in [1.807, 2.05) is 0 Å². The zero-order chi connectivity index (χ0) is 12.5. The van der Waals surface area contributed by atoms with Gasteiger partial charge in [0.1, 0.15) is 12.4 Å². The van der Waals surface area contributed by atoms with Gasteiger partial charge in [0.15, 0.2) is 6.79 Å². The van der Waals surface area contributed by atoms with Gasteiger partial charge in [-0.05, 0) is 24.3 Å². The number of hydrogen-bond acceptors (Lipinski definition) is 5. The molecule has 0 aliphatic rings. The van der Waals surface area contributed by atoms with Crippen LogP contribution in [0.15, 0.2) is 37.1 Å². The minimum atomic E-state index is -0.460. The van der Waals surface area contributed by atoms with E-state index in [1.165, 1.54) is 30.5 Å². The number of aromatic hydroxyl groups is 1. The molecule has 5 heteroatoms. The highest BCUT2D eigenvalue weighted by molar-refractivity contribution is 5.89. The third-order valence-corrected chi connectivity index (χ3v) is 1.83. The van der Waals surface area contributed by atoms with Crippen LogP contribution in [-0.2, 0) is 14.2 Å². The van der Waals surface area contributed by atoms with Gasteiger partial charge in [0, 0.05) is 0 Å². The van der Waals surface area contributed by atoms with Crippen molar-refractivity contribution in [2.45, 2.75) is 0 Å². The lowest BCUT2D eigenvalue weighted by molar-refractivity contribution is -0.0301. The molecule has 17 heavy (non-hydrogen) atoms. The molecule has 5 nitrogen and oxygen atoms in total. The van der Waals surface area contributed by atoms with Gasteiger partial charge in [-0.3, -0.25) is 0 Å². The SMILES string of the molecule is C=COCOCCOC(=O)c1ccc(O)cc1. The average Bonchev–Trinajstić information content (AvgIpc) is 2.34. The molecule has 1 aromatic carbocycles. The molecule has 1 rings (SSSR count). The number of benzene rings is 1. The van der Waals surface area contributed by atoms with Gasteiger partial charge in [-0.1, -0.05) is 6.58 Å². The highest BCUT2D eigenvalue weighted by atomic mass is 16.7. The lowest BCUT2D eigenvalue weighted by Gasteiger charge is -2.05. The zero-order valence-electron chi connectivity index (χ0n) is 9.30. The molecule has 0 amide bonds. The number of phenolic OH excluding ortho intramolecular Hbond substituents is 1. The normalized spacial score (nSPS) is 9.65. The van der Waals surface area contributed by atoms with Gasteiger partial charge in [0.05, 0.1) is 18.4 Å². The van der Waals surface area contributed by atoms with Crippen LogP contribution in [0.5, 0.6) is 5.75 Å². The molecule has 1 aromatic rings. The second-order valence-electron chi connectivity index (χ2n) is 3.04. The maximum atomic E-state index is 11.4. The van der Waals surface area contributed by atoms with Gasteiger partial charge < -0.3 is 19.3 Å². The van der Waals surface area contributed by atoms with Crippen LogP contribution in [0.3, 0.4) is 0 Å². The number of hydrogen-bond donors (Lipinski definition) is 1. The van der Waals surface area contributed by atoms with E-state index in [2.05, 4.69) is 6.58 Å². The summed E-state index contributed by atoms with van der Waals surface area (Å²) >= 11 is 0. The van der Waals surface area contributed by atoms with E-state index in [-0.39, 0.29) is 25.8 Å². The van der Waals surface area contributed by atoms with Crippen molar-refractivity contribution in [3.8, 4) is 5.75 Å². The van der Waals surface area contributed by atoms with Gasteiger partial charge in [-0.2, -0.15) is 0 Å². The van der Waals surface area contributed by atoms with Crippen LogP contribution in [-0.4, -0.2) is 31.1 Å². The standard InChI is InChI=1S/C12H14O5/c1-2-15-9-16-7-8-17-12(14)10-3-5-11(13)6-4-10/h2-6,13H,1,7-9H2. The van der Waals surface area contributed by atoms with Gasteiger partial charge in [0.25, 0.3) is 0 Å². The third kappa shape index (κ3) is 5.03. The Morgan fingerprint density at radius 2 is 2.00 bits per heavy atom. The summed E-state index contributed by atoms with van der Waals surface area (Å²) in [4.78, 5) is 11.4. The molecule has 0 atom stereocenters. The van der Waals surface area contributed by atoms with Crippen molar-refractivity contribution in [2.24, 2.45) is 0 Å². The van der Waals surface area contributed by atoms with Gasteiger partial charge in [-0.15, -0.1) is 0 Å². The molecule has 92 valence electrons. The van der Waals surface area contributed by atoms with Crippen LogP contribution >= 0.6 is 0 Å². The van der Waals surface area contributed by atoms with E-state index < -0.39 is 5.97 Å². The highest BCUT2D eigenvalue weighted by Crippen LogP contribution is 2.10. The Labute approximate surface area is 99.2 Å². The molecule has 0 bridgehead atoms. The first kappa shape index (κ1) is 13.1. The van der Waals surface area contributed by atoms with Crippen molar-refractivity contribution in [1.29, 1.82) is 0 Å². The van der Waals surface area contributed by atoms with Crippen LogP contribution in [0.4, 0.5) is 0 Å². The van der Waals surface area contributed by atoms with Gasteiger partial charge >= 0.3 is 5.97 Å². The summed E-state index contributed by atoms with van der Waals surface area (Å²) in [7, 11) is 0. The van der Waals surface area contributed by atoms with Crippen LogP contribution < -0.4 is 0 Å². The quantitative estimate of drug-likeness (QED) is 0.339. The predicted molar refractivity (Wildman–Crippen MR) is 60.5 cm³/mol. The Bertz CT molecular complexity index is 358. The molecule has 0 aliphatic heterocycles. The predicted octanol–water partition coefficient (Wildman–Crippen LogP) is 1.68. The highest BCUT2D eigenvalue weighted by Gasteiger charge is 2.06. The maximum absolute atomic E-state index is 11.4. The van der Waals surface area contributed by atoms with Gasteiger partial charge in [0.2, 0.25) is 0 Å². The first-order valence-electron chi connectivity index (χ1n) is 5.00. The number of esters is 1. The van der Waals surface area contributed by atoms with Crippen molar-refractivity contribution >= 4 is 5.97 Å². The molecule has 0 fully saturated rings. The van der Waals surface area contributed by atoms with Crippen molar-refractivity contribution < 1.29 is 24.1 Å². The summed E-state index contributed by atoms with van der Waals surface area (Å²) < 4.78 is 14.6. The molecule has 0 aromatic heterocycles. The zero-order valence-corrected chi connectivity index (χ0v) is 9.30. The van der Waals surface area contributed by atoms with Crippen LogP contribution in [0.25, 0.3) is 0 Å². The third-order valence-electron chi connectivity index (χ3n) is 1.83. The lowest BCUT2D eigenvalue weighted by Crippen LogP contribution is -2.11. The number of ether oxygens (including phenoxy) is 3. The Balaban J connectivity index is 2.21. The van der Waals surface area contributed by atoms with Crippen molar-refractivity contribution in [1.82, 2.24) is 0 Å². The second-order valence-corrected chi connectivity index (χ2v) is 3.04. The van der Waals surface area contributed by atoms with E-state index in [0.717, 1.165) is 0 Å². The minimum absolute atomic E-state index is 0.0836. The summed E-state index contributed by atoms with van der Waals surface area (Å²) in [6.07, 6.45) is 1.27. The minimum Gasteiger partial charge on any atom is -0.508 e. The van der Waals surface area contributed by atoms with E-state index in [1.54, 1.807) is 0 Å². The molecule has 0 heterocycles. The molecule has 0 spiro atoms. The lowest BCUT2D eigenvalue weighted by atomic mass is 10.2. The summed E-state index contributed by atoms with van der Waals surface area (Å²) in [5.74, 6) is -0.357. The second kappa shape index (κ2) is 7.29. The van der Waals surface area contributed by atoms with E-state index >= 15 is 0 Å². The fraction of sp³-hybridized carbons (Fsp3) is 0.250. The van der Waals surface area contributed by atoms with E-state index in [4.69, 9.17) is 19.3 Å². The molecule has 0 unspecified atom stereocenters. The summed E-state index contributed by atoms with van der Waals surface area (Å²) in [5, 5.41) is 9.04. The van der Waals surface area contributed by atoms with Crippen molar-refractivity contribution in [3.05, 3.63) is 42.7 Å². The Hall–Kier alpha value is -2.01. The monoisotopic (exact) mass is 238 g/mol. The summed E-state index contributed by atoms with van der Waals surface area (Å²) in [6.45, 7) is 3.82. The molecule has 0 radical (unpaired) electrons. The Morgan fingerprint density at radius 3 is 2.65 bits per heavy atom. The van der Waals surface area contributed by atoms with Crippen LogP contribution in [0, 0.1) is 0 Å². The number of phenols is 1. The Morgan fingerprint density at radius 1 is 1.29 bits per heavy atom. The van der Waals surface area contributed by atoms with E-state index in [9.17, 15) is 4.79 Å². The topological polar surface area (TPSA) is 65.0 Å². The van der Waals surface area contributed by atoms with Crippen LogP contribution in [0.1, 0.15) is 10.4 Å². The summed E-state index contributed by atoms with van der Waals surface area (Å²) in [5.41, 5.74) is 0.380. The largest absolute Gasteiger partial charge is 0.508 e. The number of rotatable bonds is 7.